The minimum Gasteiger partial charge on any atom is -0.336 e. The molecule has 1 N–H and O–H groups in total. The maximum Gasteiger partial charge on any atom is 0.332 e. The van der Waals surface area contributed by atoms with E-state index in [0.29, 0.717) is 42.8 Å². The van der Waals surface area contributed by atoms with E-state index in [2.05, 4.69) is 15.0 Å². The Morgan fingerprint density at radius 1 is 1.16 bits per heavy atom. The van der Waals surface area contributed by atoms with Crippen LogP contribution in [0.1, 0.15) is 30.4 Å². The molecule has 0 amide bonds. The van der Waals surface area contributed by atoms with E-state index in [1.807, 2.05) is 12.3 Å². The summed E-state index contributed by atoms with van der Waals surface area (Å²) in [5.74, 6) is 0.565. The first-order valence-corrected chi connectivity index (χ1v) is 10.7. The molecule has 0 unspecified atom stereocenters. The highest BCUT2D eigenvalue weighted by Gasteiger charge is 2.17. The van der Waals surface area contributed by atoms with E-state index in [1.54, 1.807) is 17.6 Å². The van der Waals surface area contributed by atoms with Crippen LogP contribution in [0.3, 0.4) is 0 Å². The molecule has 1 aromatic carbocycles. The van der Waals surface area contributed by atoms with Gasteiger partial charge in [-0.1, -0.05) is 19.1 Å². The standard InChI is InChI=1S/C20H20N6O4S/c1-2-8-25-19(27)17-18(23-16(22-17)10-14-11-31-12-21-14)24(20(25)28)9-7-13-3-5-15(6-4-13)26(29)30/h3-6,11-12H,2,7-10H2,1H3,(H,22,23). The number of hydrogen-bond acceptors (Lipinski definition) is 7. The molecule has 0 aliphatic carbocycles. The summed E-state index contributed by atoms with van der Waals surface area (Å²) in [6.45, 7) is 2.50. The molecule has 31 heavy (non-hydrogen) atoms. The zero-order valence-electron chi connectivity index (χ0n) is 16.8. The molecular formula is C20H20N6O4S. The molecule has 0 aliphatic rings. The average Bonchev–Trinajstić information content (AvgIpc) is 3.42. The first-order valence-electron chi connectivity index (χ1n) is 9.80. The Balaban J connectivity index is 1.72. The summed E-state index contributed by atoms with van der Waals surface area (Å²) >= 11 is 1.48. The zero-order chi connectivity index (χ0) is 22.0. The van der Waals surface area contributed by atoms with Crippen molar-refractivity contribution in [1.29, 1.82) is 0 Å². The lowest BCUT2D eigenvalue weighted by molar-refractivity contribution is -0.384. The number of benzene rings is 1. The van der Waals surface area contributed by atoms with Gasteiger partial charge in [0.25, 0.3) is 11.2 Å². The van der Waals surface area contributed by atoms with Crippen LogP contribution in [0.4, 0.5) is 5.69 Å². The number of aromatic nitrogens is 5. The van der Waals surface area contributed by atoms with Gasteiger partial charge in [-0.15, -0.1) is 11.3 Å². The molecule has 0 spiro atoms. The van der Waals surface area contributed by atoms with Crippen LogP contribution in [0.25, 0.3) is 11.2 Å². The number of nitro benzene ring substituents is 1. The second-order valence-corrected chi connectivity index (χ2v) is 7.82. The summed E-state index contributed by atoms with van der Waals surface area (Å²) in [7, 11) is 0. The van der Waals surface area contributed by atoms with Crippen molar-refractivity contribution in [1.82, 2.24) is 24.1 Å². The predicted molar refractivity (Wildman–Crippen MR) is 117 cm³/mol. The number of fused-ring (bicyclic) bond motifs is 1. The average molecular weight is 440 g/mol. The van der Waals surface area contributed by atoms with Gasteiger partial charge in [0.05, 0.1) is 16.1 Å². The van der Waals surface area contributed by atoms with Crippen LogP contribution in [-0.2, 0) is 25.9 Å². The molecule has 4 aromatic rings. The fourth-order valence-corrected chi connectivity index (χ4v) is 4.00. The van der Waals surface area contributed by atoms with E-state index in [-0.39, 0.29) is 17.8 Å². The lowest BCUT2D eigenvalue weighted by Gasteiger charge is -2.10. The molecule has 0 atom stereocenters. The first kappa shape index (κ1) is 20.7. The van der Waals surface area contributed by atoms with Crippen molar-refractivity contribution in [3.8, 4) is 0 Å². The monoisotopic (exact) mass is 440 g/mol. The van der Waals surface area contributed by atoms with Crippen LogP contribution in [0.5, 0.6) is 0 Å². The fourth-order valence-electron chi connectivity index (χ4n) is 3.44. The topological polar surface area (TPSA) is 129 Å². The lowest BCUT2D eigenvalue weighted by Crippen LogP contribution is -2.40. The van der Waals surface area contributed by atoms with Crippen LogP contribution in [0.15, 0.2) is 44.7 Å². The number of thiazole rings is 1. The molecule has 0 radical (unpaired) electrons. The van der Waals surface area contributed by atoms with Gasteiger partial charge < -0.3 is 4.98 Å². The molecule has 0 saturated heterocycles. The molecule has 10 nitrogen and oxygen atoms in total. The second kappa shape index (κ2) is 8.64. The largest absolute Gasteiger partial charge is 0.336 e. The number of nitro groups is 1. The molecular weight excluding hydrogens is 420 g/mol. The third-order valence-electron chi connectivity index (χ3n) is 4.96. The molecule has 0 bridgehead atoms. The van der Waals surface area contributed by atoms with Crippen molar-refractivity contribution in [2.75, 3.05) is 0 Å². The van der Waals surface area contributed by atoms with Crippen molar-refractivity contribution in [3.63, 3.8) is 0 Å². The molecule has 0 fully saturated rings. The van der Waals surface area contributed by atoms with Gasteiger partial charge in [0, 0.05) is 37.0 Å². The van der Waals surface area contributed by atoms with Crippen LogP contribution >= 0.6 is 11.3 Å². The summed E-state index contributed by atoms with van der Waals surface area (Å²) in [5, 5.41) is 12.7. The fraction of sp³-hybridized carbons (Fsp3) is 0.300. The number of nitrogens with one attached hydrogen (secondary N) is 1. The van der Waals surface area contributed by atoms with E-state index in [9.17, 15) is 19.7 Å². The summed E-state index contributed by atoms with van der Waals surface area (Å²) in [5.41, 5.74) is 3.23. The molecule has 4 rings (SSSR count). The lowest BCUT2D eigenvalue weighted by atomic mass is 10.1. The molecule has 11 heteroatoms. The van der Waals surface area contributed by atoms with Crippen LogP contribution in [0, 0.1) is 10.1 Å². The Morgan fingerprint density at radius 2 is 1.94 bits per heavy atom. The molecule has 3 heterocycles. The summed E-state index contributed by atoms with van der Waals surface area (Å²) in [4.78, 5) is 48.2. The number of aromatic amines is 1. The Bertz CT molecular complexity index is 1340. The maximum atomic E-state index is 13.1. The number of hydrogen-bond donors (Lipinski definition) is 1. The first-order chi connectivity index (χ1) is 15.0. The summed E-state index contributed by atoms with van der Waals surface area (Å²) in [6.07, 6.45) is 1.54. The van der Waals surface area contributed by atoms with E-state index in [1.165, 1.54) is 32.6 Å². The highest BCUT2D eigenvalue weighted by molar-refractivity contribution is 7.07. The molecule has 3 aromatic heterocycles. The number of nitrogens with zero attached hydrogens (tertiary/aromatic N) is 5. The van der Waals surface area contributed by atoms with Gasteiger partial charge in [-0.25, -0.2) is 14.8 Å². The Labute approximate surface area is 180 Å². The van der Waals surface area contributed by atoms with E-state index in [0.717, 1.165) is 11.3 Å². The zero-order valence-corrected chi connectivity index (χ0v) is 17.6. The van der Waals surface area contributed by atoms with Gasteiger partial charge >= 0.3 is 5.69 Å². The van der Waals surface area contributed by atoms with E-state index >= 15 is 0 Å². The highest BCUT2D eigenvalue weighted by Crippen LogP contribution is 2.14. The molecule has 0 aliphatic heterocycles. The number of non-ortho nitro benzene ring substituents is 1. The van der Waals surface area contributed by atoms with E-state index in [4.69, 9.17) is 0 Å². The van der Waals surface area contributed by atoms with Gasteiger partial charge in [0.1, 0.15) is 11.3 Å². The number of aryl methyl sites for hydroxylation is 2. The van der Waals surface area contributed by atoms with Gasteiger partial charge in [-0.3, -0.25) is 24.0 Å². The second-order valence-electron chi connectivity index (χ2n) is 7.10. The van der Waals surface area contributed by atoms with Gasteiger partial charge in [0.2, 0.25) is 0 Å². The number of imidazole rings is 1. The molecule has 0 saturated carbocycles. The van der Waals surface area contributed by atoms with E-state index < -0.39 is 10.6 Å². The Morgan fingerprint density at radius 3 is 2.58 bits per heavy atom. The SMILES string of the molecule is CCCn1c(=O)c2[nH]c(Cc3cscn3)nc2n(CCc2ccc([N+](=O)[O-])cc2)c1=O. The van der Waals surface area contributed by atoms with Crippen molar-refractivity contribution in [2.24, 2.45) is 0 Å². The predicted octanol–water partition coefficient (Wildman–Crippen LogP) is 2.49. The van der Waals surface area contributed by atoms with Gasteiger partial charge in [0.15, 0.2) is 5.65 Å². The number of rotatable bonds is 8. The number of H-pyrrole nitrogens is 1. The van der Waals surface area contributed by atoms with Gasteiger partial charge in [-0.05, 0) is 18.4 Å². The van der Waals surface area contributed by atoms with Crippen molar-refractivity contribution in [2.45, 2.75) is 39.3 Å². The molecule has 160 valence electrons. The van der Waals surface area contributed by atoms with Gasteiger partial charge in [-0.2, -0.15) is 0 Å². The summed E-state index contributed by atoms with van der Waals surface area (Å²) < 4.78 is 2.72. The Kier molecular flexibility index (Phi) is 5.76. The van der Waals surface area contributed by atoms with Crippen LogP contribution in [-0.4, -0.2) is 29.0 Å². The van der Waals surface area contributed by atoms with Crippen molar-refractivity contribution in [3.05, 3.63) is 83.2 Å². The van der Waals surface area contributed by atoms with Crippen LogP contribution < -0.4 is 11.2 Å². The Hall–Kier alpha value is -3.60. The van der Waals surface area contributed by atoms with Crippen LogP contribution in [0.2, 0.25) is 0 Å². The highest BCUT2D eigenvalue weighted by atomic mass is 32.1. The maximum absolute atomic E-state index is 13.1. The van der Waals surface area contributed by atoms with Crippen molar-refractivity contribution >= 4 is 28.2 Å². The quantitative estimate of drug-likeness (QED) is 0.331. The third kappa shape index (κ3) is 4.17. The third-order valence-corrected chi connectivity index (χ3v) is 5.60. The summed E-state index contributed by atoms with van der Waals surface area (Å²) in [6, 6.07) is 6.21. The van der Waals surface area contributed by atoms with Crippen molar-refractivity contribution < 1.29 is 4.92 Å². The normalized spacial score (nSPS) is 11.3. The smallest absolute Gasteiger partial charge is 0.332 e. The minimum absolute atomic E-state index is 0.0128. The minimum atomic E-state index is -0.452.